The van der Waals surface area contributed by atoms with Crippen LogP contribution in [0.5, 0.6) is 5.75 Å². The maximum Gasteiger partial charge on any atom is 0.191 e. The molecule has 176 valence electrons. The molecule has 1 fully saturated rings. The molecule has 0 amide bonds. The second-order valence-corrected chi connectivity index (χ2v) is 8.25. The van der Waals surface area contributed by atoms with E-state index in [1.54, 1.807) is 7.11 Å². The summed E-state index contributed by atoms with van der Waals surface area (Å²) in [7, 11) is 1.73. The summed E-state index contributed by atoms with van der Waals surface area (Å²) in [6, 6.07) is 8.58. The SMILES string of the molecule is CCNC(=NCCc1nnc2n1CCCCC2)NC1CCN(c2ccccc2OC)C1.I. The number of aliphatic imine (C=N–C) groups is 1. The number of methoxy groups -OCH3 is 1. The van der Waals surface area contributed by atoms with Crippen molar-refractivity contribution in [1.29, 1.82) is 0 Å². The number of benzene rings is 1. The molecule has 1 aromatic heterocycles. The van der Waals surface area contributed by atoms with Crippen molar-refractivity contribution in [2.24, 2.45) is 4.99 Å². The Morgan fingerprint density at radius 2 is 2.06 bits per heavy atom. The van der Waals surface area contributed by atoms with Gasteiger partial charge in [-0.1, -0.05) is 18.6 Å². The number of para-hydroxylation sites is 2. The van der Waals surface area contributed by atoms with Gasteiger partial charge in [0.2, 0.25) is 0 Å². The minimum atomic E-state index is 0. The smallest absolute Gasteiger partial charge is 0.191 e. The Kier molecular flexibility index (Phi) is 9.43. The summed E-state index contributed by atoms with van der Waals surface area (Å²) in [6.45, 7) is 6.63. The molecule has 0 radical (unpaired) electrons. The zero-order valence-corrected chi connectivity index (χ0v) is 21.5. The van der Waals surface area contributed by atoms with Crippen LogP contribution >= 0.6 is 24.0 Å². The number of ether oxygens (including phenoxy) is 1. The van der Waals surface area contributed by atoms with E-state index in [1.807, 2.05) is 12.1 Å². The van der Waals surface area contributed by atoms with E-state index in [1.165, 1.54) is 19.3 Å². The van der Waals surface area contributed by atoms with Gasteiger partial charge in [0.1, 0.15) is 17.4 Å². The first kappa shape index (κ1) is 24.6. The number of fused-ring (bicyclic) bond motifs is 1. The summed E-state index contributed by atoms with van der Waals surface area (Å²) in [5.74, 6) is 4.02. The van der Waals surface area contributed by atoms with Crippen LogP contribution in [0.2, 0.25) is 0 Å². The fourth-order valence-corrected chi connectivity index (χ4v) is 4.50. The van der Waals surface area contributed by atoms with E-state index in [0.717, 1.165) is 74.5 Å². The Morgan fingerprint density at radius 3 is 2.91 bits per heavy atom. The molecule has 0 bridgehead atoms. The maximum absolute atomic E-state index is 5.54. The van der Waals surface area contributed by atoms with Gasteiger partial charge in [0, 0.05) is 51.6 Å². The zero-order valence-electron chi connectivity index (χ0n) is 19.2. The quantitative estimate of drug-likeness (QED) is 0.312. The van der Waals surface area contributed by atoms with Gasteiger partial charge in [0.15, 0.2) is 5.96 Å². The predicted molar refractivity (Wildman–Crippen MR) is 139 cm³/mol. The van der Waals surface area contributed by atoms with E-state index in [0.29, 0.717) is 12.6 Å². The Morgan fingerprint density at radius 1 is 1.19 bits per heavy atom. The first-order chi connectivity index (χ1) is 15.3. The molecule has 2 N–H and O–H groups in total. The third-order valence-corrected chi connectivity index (χ3v) is 6.09. The number of hydrogen-bond acceptors (Lipinski definition) is 5. The van der Waals surface area contributed by atoms with E-state index in [2.05, 4.69) is 49.4 Å². The molecule has 4 rings (SSSR count). The van der Waals surface area contributed by atoms with E-state index in [-0.39, 0.29) is 24.0 Å². The van der Waals surface area contributed by atoms with Crippen LogP contribution in [0.1, 0.15) is 44.3 Å². The Bertz CT molecular complexity index is 885. The highest BCUT2D eigenvalue weighted by Gasteiger charge is 2.25. The van der Waals surface area contributed by atoms with Crippen LogP contribution in [-0.2, 0) is 19.4 Å². The number of aromatic nitrogens is 3. The predicted octanol–water partition coefficient (Wildman–Crippen LogP) is 3.01. The molecular formula is C23H36IN7O. The van der Waals surface area contributed by atoms with Crippen molar-refractivity contribution in [2.45, 2.75) is 58.0 Å². The summed E-state index contributed by atoms with van der Waals surface area (Å²) in [5.41, 5.74) is 1.16. The van der Waals surface area contributed by atoms with Gasteiger partial charge in [0.25, 0.3) is 0 Å². The number of nitrogens with zero attached hydrogens (tertiary/aromatic N) is 5. The lowest BCUT2D eigenvalue weighted by Gasteiger charge is -2.22. The molecule has 8 nitrogen and oxygen atoms in total. The molecule has 1 aromatic carbocycles. The third-order valence-electron chi connectivity index (χ3n) is 6.09. The molecule has 1 atom stereocenters. The number of guanidine groups is 1. The van der Waals surface area contributed by atoms with Gasteiger partial charge in [-0.05, 0) is 38.3 Å². The summed E-state index contributed by atoms with van der Waals surface area (Å²) in [6.07, 6.45) is 6.66. The van der Waals surface area contributed by atoms with Crippen molar-refractivity contribution < 1.29 is 4.74 Å². The number of aryl methyl sites for hydroxylation is 1. The van der Waals surface area contributed by atoms with E-state index in [9.17, 15) is 0 Å². The van der Waals surface area contributed by atoms with Crippen LogP contribution in [-0.4, -0.2) is 60.1 Å². The summed E-state index contributed by atoms with van der Waals surface area (Å²) in [4.78, 5) is 7.21. The number of rotatable bonds is 7. The van der Waals surface area contributed by atoms with Gasteiger partial charge in [0.05, 0.1) is 12.8 Å². The van der Waals surface area contributed by atoms with Crippen LogP contribution in [0.15, 0.2) is 29.3 Å². The maximum atomic E-state index is 5.54. The average Bonchev–Trinajstić information content (AvgIpc) is 3.34. The average molecular weight is 553 g/mol. The molecule has 2 aliphatic rings. The van der Waals surface area contributed by atoms with Crippen molar-refractivity contribution in [1.82, 2.24) is 25.4 Å². The van der Waals surface area contributed by atoms with Crippen LogP contribution in [0.25, 0.3) is 0 Å². The van der Waals surface area contributed by atoms with Gasteiger partial charge >= 0.3 is 0 Å². The topological polar surface area (TPSA) is 79.6 Å². The molecule has 32 heavy (non-hydrogen) atoms. The molecule has 1 saturated heterocycles. The van der Waals surface area contributed by atoms with Crippen molar-refractivity contribution >= 4 is 35.6 Å². The molecule has 9 heteroatoms. The third kappa shape index (κ3) is 6.05. The minimum absolute atomic E-state index is 0. The largest absolute Gasteiger partial charge is 0.495 e. The van der Waals surface area contributed by atoms with E-state index in [4.69, 9.17) is 9.73 Å². The molecular weight excluding hydrogens is 517 g/mol. The van der Waals surface area contributed by atoms with Gasteiger partial charge < -0.3 is 24.8 Å². The fraction of sp³-hybridized carbons (Fsp3) is 0.609. The van der Waals surface area contributed by atoms with E-state index >= 15 is 0 Å². The molecule has 0 spiro atoms. The van der Waals surface area contributed by atoms with Crippen molar-refractivity contribution in [3.8, 4) is 5.75 Å². The summed E-state index contributed by atoms with van der Waals surface area (Å²) in [5, 5.41) is 15.8. The Balaban J connectivity index is 0.00000289. The standard InChI is InChI=1S/C23H35N7O.HI/c1-3-24-23(25-14-12-22-28-27-21-11-5-4-8-15-30(21)22)26-18-13-16-29(17-18)19-9-6-7-10-20(19)31-2;/h6-7,9-10,18H,3-5,8,11-17H2,1-2H3,(H2,24,25,26);1H. The number of halogens is 1. The fourth-order valence-electron chi connectivity index (χ4n) is 4.50. The number of anilines is 1. The number of nitrogens with one attached hydrogen (secondary N) is 2. The highest BCUT2D eigenvalue weighted by Crippen LogP contribution is 2.30. The second kappa shape index (κ2) is 12.3. The lowest BCUT2D eigenvalue weighted by atomic mass is 10.2. The van der Waals surface area contributed by atoms with E-state index < -0.39 is 0 Å². The summed E-state index contributed by atoms with van der Waals surface area (Å²) >= 11 is 0. The van der Waals surface area contributed by atoms with Crippen molar-refractivity contribution in [2.75, 3.05) is 38.2 Å². The highest BCUT2D eigenvalue weighted by molar-refractivity contribution is 14.0. The molecule has 3 heterocycles. The monoisotopic (exact) mass is 553 g/mol. The second-order valence-electron chi connectivity index (χ2n) is 8.25. The van der Waals surface area contributed by atoms with Gasteiger partial charge in [-0.3, -0.25) is 4.99 Å². The molecule has 1 unspecified atom stereocenters. The summed E-state index contributed by atoms with van der Waals surface area (Å²) < 4.78 is 7.85. The first-order valence-corrected chi connectivity index (χ1v) is 11.6. The van der Waals surface area contributed by atoms with Crippen molar-refractivity contribution in [3.63, 3.8) is 0 Å². The lowest BCUT2D eigenvalue weighted by Crippen LogP contribution is -2.44. The molecule has 0 saturated carbocycles. The normalized spacial score (nSPS) is 18.5. The van der Waals surface area contributed by atoms with Crippen molar-refractivity contribution in [3.05, 3.63) is 35.9 Å². The Labute approximate surface area is 208 Å². The lowest BCUT2D eigenvalue weighted by molar-refractivity contribution is 0.415. The van der Waals surface area contributed by atoms with Crippen LogP contribution in [0, 0.1) is 0 Å². The van der Waals surface area contributed by atoms with Gasteiger partial charge in [-0.15, -0.1) is 34.2 Å². The van der Waals surface area contributed by atoms with Gasteiger partial charge in [-0.2, -0.15) is 0 Å². The van der Waals surface area contributed by atoms with Crippen LogP contribution in [0.3, 0.4) is 0 Å². The molecule has 2 aromatic rings. The first-order valence-electron chi connectivity index (χ1n) is 11.6. The zero-order chi connectivity index (χ0) is 21.5. The Hall–Kier alpha value is -2.04. The van der Waals surface area contributed by atoms with Gasteiger partial charge in [-0.25, -0.2) is 0 Å². The van der Waals surface area contributed by atoms with Crippen LogP contribution < -0.4 is 20.3 Å². The molecule has 0 aliphatic carbocycles. The number of hydrogen-bond donors (Lipinski definition) is 2. The highest BCUT2D eigenvalue weighted by atomic mass is 127. The molecule has 2 aliphatic heterocycles. The minimum Gasteiger partial charge on any atom is -0.495 e. The van der Waals surface area contributed by atoms with Crippen LogP contribution in [0.4, 0.5) is 5.69 Å².